The lowest BCUT2D eigenvalue weighted by molar-refractivity contribution is 0.00147. The minimum Gasteiger partial charge on any atom is -0.391 e. The predicted molar refractivity (Wildman–Crippen MR) is 74.2 cm³/mol. The van der Waals surface area contributed by atoms with Gasteiger partial charge in [-0.25, -0.2) is 0 Å². The van der Waals surface area contributed by atoms with E-state index in [0.29, 0.717) is 6.04 Å². The molecule has 0 heterocycles. The zero-order valence-electron chi connectivity index (χ0n) is 12.0. The molecule has 0 aliphatic heterocycles. The molecule has 0 saturated heterocycles. The second kappa shape index (κ2) is 8.10. The quantitative estimate of drug-likeness (QED) is 0.738. The van der Waals surface area contributed by atoms with E-state index in [0.717, 1.165) is 25.4 Å². The Balaban J connectivity index is 2.55. The van der Waals surface area contributed by atoms with Crippen LogP contribution in [0.2, 0.25) is 0 Å². The standard InChI is InChI=1S/C15H31NO/c1-4-7-13-8-9-15(17)14(12-13)16(10-5-2)11-6-3/h13-15,17H,4-12H2,1-3H3. The van der Waals surface area contributed by atoms with Crippen LogP contribution in [0.4, 0.5) is 0 Å². The van der Waals surface area contributed by atoms with Crippen LogP contribution in [-0.4, -0.2) is 35.2 Å². The van der Waals surface area contributed by atoms with Gasteiger partial charge in [0, 0.05) is 6.04 Å². The molecule has 1 aliphatic carbocycles. The summed E-state index contributed by atoms with van der Waals surface area (Å²) in [6, 6.07) is 0.431. The molecule has 0 aromatic rings. The first-order valence-corrected chi connectivity index (χ1v) is 7.64. The Bertz CT molecular complexity index is 189. The molecule has 3 atom stereocenters. The van der Waals surface area contributed by atoms with Gasteiger partial charge in [0.2, 0.25) is 0 Å². The Morgan fingerprint density at radius 3 is 2.18 bits per heavy atom. The van der Waals surface area contributed by atoms with E-state index in [2.05, 4.69) is 25.7 Å². The van der Waals surface area contributed by atoms with Crippen molar-refractivity contribution in [2.45, 2.75) is 77.9 Å². The lowest BCUT2D eigenvalue weighted by Crippen LogP contribution is -2.48. The summed E-state index contributed by atoms with van der Waals surface area (Å²) in [5.41, 5.74) is 0. The van der Waals surface area contributed by atoms with E-state index in [4.69, 9.17) is 0 Å². The highest BCUT2D eigenvalue weighted by molar-refractivity contribution is 4.86. The number of nitrogens with zero attached hydrogens (tertiary/aromatic N) is 1. The van der Waals surface area contributed by atoms with Gasteiger partial charge in [-0.15, -0.1) is 0 Å². The molecule has 1 aliphatic rings. The zero-order valence-corrected chi connectivity index (χ0v) is 12.0. The fraction of sp³-hybridized carbons (Fsp3) is 1.00. The third-order valence-corrected chi connectivity index (χ3v) is 4.08. The second-order valence-electron chi connectivity index (χ2n) is 5.64. The number of hydrogen-bond acceptors (Lipinski definition) is 2. The van der Waals surface area contributed by atoms with E-state index in [1.165, 1.54) is 38.5 Å². The molecule has 102 valence electrons. The van der Waals surface area contributed by atoms with Crippen molar-refractivity contribution in [1.82, 2.24) is 4.90 Å². The fourth-order valence-corrected chi connectivity index (χ4v) is 3.30. The molecular weight excluding hydrogens is 210 g/mol. The maximum absolute atomic E-state index is 10.2. The third kappa shape index (κ3) is 4.59. The second-order valence-corrected chi connectivity index (χ2v) is 5.64. The first-order chi connectivity index (χ1) is 8.22. The Hall–Kier alpha value is -0.0800. The minimum absolute atomic E-state index is 0.0822. The summed E-state index contributed by atoms with van der Waals surface area (Å²) in [4.78, 5) is 2.53. The molecule has 1 saturated carbocycles. The third-order valence-electron chi connectivity index (χ3n) is 4.08. The van der Waals surface area contributed by atoms with Gasteiger partial charge < -0.3 is 5.11 Å². The van der Waals surface area contributed by atoms with E-state index >= 15 is 0 Å². The summed E-state index contributed by atoms with van der Waals surface area (Å²) in [5.74, 6) is 0.851. The number of aliphatic hydroxyl groups is 1. The van der Waals surface area contributed by atoms with Gasteiger partial charge in [-0.2, -0.15) is 0 Å². The van der Waals surface area contributed by atoms with Crippen LogP contribution in [0.15, 0.2) is 0 Å². The van der Waals surface area contributed by atoms with E-state index in [9.17, 15) is 5.11 Å². The highest BCUT2D eigenvalue weighted by atomic mass is 16.3. The van der Waals surface area contributed by atoms with Crippen LogP contribution in [0.25, 0.3) is 0 Å². The van der Waals surface area contributed by atoms with Gasteiger partial charge in [-0.05, 0) is 51.1 Å². The summed E-state index contributed by atoms with van der Waals surface area (Å²) in [7, 11) is 0. The molecule has 17 heavy (non-hydrogen) atoms. The molecule has 0 spiro atoms. The van der Waals surface area contributed by atoms with E-state index in [1.54, 1.807) is 0 Å². The normalized spacial score (nSPS) is 29.8. The van der Waals surface area contributed by atoms with Crippen LogP contribution in [0.5, 0.6) is 0 Å². The van der Waals surface area contributed by atoms with Crippen molar-refractivity contribution in [1.29, 1.82) is 0 Å². The molecule has 1 fully saturated rings. The molecule has 0 radical (unpaired) electrons. The summed E-state index contributed by atoms with van der Waals surface area (Å²) >= 11 is 0. The largest absolute Gasteiger partial charge is 0.391 e. The van der Waals surface area contributed by atoms with E-state index < -0.39 is 0 Å². The highest BCUT2D eigenvalue weighted by Crippen LogP contribution is 2.31. The van der Waals surface area contributed by atoms with Crippen molar-refractivity contribution < 1.29 is 5.11 Å². The van der Waals surface area contributed by atoms with Crippen molar-refractivity contribution in [3.63, 3.8) is 0 Å². The summed E-state index contributed by atoms with van der Waals surface area (Å²) in [6.45, 7) is 9.04. The molecule has 0 amide bonds. The van der Waals surface area contributed by atoms with Crippen LogP contribution < -0.4 is 0 Å². The van der Waals surface area contributed by atoms with Gasteiger partial charge >= 0.3 is 0 Å². The number of hydrogen-bond donors (Lipinski definition) is 1. The number of rotatable bonds is 7. The van der Waals surface area contributed by atoms with Crippen LogP contribution in [0.1, 0.15) is 65.7 Å². The maximum atomic E-state index is 10.2. The fourth-order valence-electron chi connectivity index (χ4n) is 3.30. The van der Waals surface area contributed by atoms with E-state index in [-0.39, 0.29) is 6.10 Å². The monoisotopic (exact) mass is 241 g/mol. The van der Waals surface area contributed by atoms with Crippen molar-refractivity contribution >= 4 is 0 Å². The molecule has 0 bridgehead atoms. The Kier molecular flexibility index (Phi) is 7.14. The zero-order chi connectivity index (χ0) is 12.7. The molecular formula is C15H31NO. The lowest BCUT2D eigenvalue weighted by Gasteiger charge is -2.40. The van der Waals surface area contributed by atoms with Crippen molar-refractivity contribution in [3.05, 3.63) is 0 Å². The molecule has 2 heteroatoms. The SMILES string of the molecule is CCCC1CCC(O)C(N(CCC)CCC)C1. The molecule has 0 aromatic carbocycles. The van der Waals surface area contributed by atoms with Crippen molar-refractivity contribution in [2.24, 2.45) is 5.92 Å². The topological polar surface area (TPSA) is 23.5 Å². The van der Waals surface area contributed by atoms with Gasteiger partial charge in [-0.1, -0.05) is 33.6 Å². The molecule has 0 aromatic heterocycles. The Labute approximate surface area is 107 Å². The highest BCUT2D eigenvalue weighted by Gasteiger charge is 2.32. The first kappa shape index (κ1) is 15.0. The minimum atomic E-state index is -0.0822. The lowest BCUT2D eigenvalue weighted by atomic mass is 9.80. The summed E-state index contributed by atoms with van der Waals surface area (Å²) < 4.78 is 0. The van der Waals surface area contributed by atoms with E-state index in [1.807, 2.05) is 0 Å². The van der Waals surface area contributed by atoms with Crippen LogP contribution in [0.3, 0.4) is 0 Å². The Morgan fingerprint density at radius 2 is 1.65 bits per heavy atom. The number of aliphatic hydroxyl groups excluding tert-OH is 1. The van der Waals surface area contributed by atoms with Gasteiger partial charge in [0.05, 0.1) is 6.10 Å². The van der Waals surface area contributed by atoms with Gasteiger partial charge in [0.1, 0.15) is 0 Å². The molecule has 1 N–H and O–H groups in total. The summed E-state index contributed by atoms with van der Waals surface area (Å²) in [5, 5.41) is 10.2. The maximum Gasteiger partial charge on any atom is 0.0695 e. The molecule has 1 rings (SSSR count). The molecule has 3 unspecified atom stereocenters. The summed E-state index contributed by atoms with van der Waals surface area (Å²) in [6.07, 6.45) is 8.40. The average Bonchev–Trinajstić information content (AvgIpc) is 2.32. The van der Waals surface area contributed by atoms with Crippen LogP contribution in [0, 0.1) is 5.92 Å². The predicted octanol–water partition coefficient (Wildman–Crippen LogP) is 3.44. The smallest absolute Gasteiger partial charge is 0.0695 e. The van der Waals surface area contributed by atoms with Gasteiger partial charge in [0.15, 0.2) is 0 Å². The average molecular weight is 241 g/mol. The first-order valence-electron chi connectivity index (χ1n) is 7.64. The van der Waals surface area contributed by atoms with Gasteiger partial charge in [-0.3, -0.25) is 4.90 Å². The Morgan fingerprint density at radius 1 is 1.00 bits per heavy atom. The van der Waals surface area contributed by atoms with Crippen molar-refractivity contribution in [2.75, 3.05) is 13.1 Å². The van der Waals surface area contributed by atoms with Crippen molar-refractivity contribution in [3.8, 4) is 0 Å². The van der Waals surface area contributed by atoms with Crippen LogP contribution in [-0.2, 0) is 0 Å². The van der Waals surface area contributed by atoms with Crippen LogP contribution >= 0.6 is 0 Å². The molecule has 2 nitrogen and oxygen atoms in total. The van der Waals surface area contributed by atoms with Gasteiger partial charge in [0.25, 0.3) is 0 Å².